The Morgan fingerprint density at radius 3 is 2.86 bits per heavy atom. The number of halogens is 1. The van der Waals surface area contributed by atoms with Crippen molar-refractivity contribution in [1.82, 2.24) is 14.5 Å². The van der Waals surface area contributed by atoms with E-state index in [1.54, 1.807) is 12.1 Å². The number of nitrogens with zero attached hydrogens (tertiary/aromatic N) is 3. The van der Waals surface area contributed by atoms with E-state index >= 15 is 0 Å². The van der Waals surface area contributed by atoms with E-state index in [9.17, 15) is 14.0 Å². The molecule has 0 saturated heterocycles. The summed E-state index contributed by atoms with van der Waals surface area (Å²) in [5, 5.41) is 3.34. The van der Waals surface area contributed by atoms with Gasteiger partial charge in [0.1, 0.15) is 10.8 Å². The zero-order valence-corrected chi connectivity index (χ0v) is 17.7. The van der Waals surface area contributed by atoms with E-state index in [4.69, 9.17) is 0 Å². The molecule has 3 rings (SSSR count). The van der Waals surface area contributed by atoms with Crippen molar-refractivity contribution in [2.45, 2.75) is 43.7 Å². The smallest absolute Gasteiger partial charge is 0.325 e. The fraction of sp³-hybridized carbons (Fsp3) is 0.476. The third-order valence-electron chi connectivity index (χ3n) is 4.89. The van der Waals surface area contributed by atoms with E-state index in [2.05, 4.69) is 15.2 Å². The van der Waals surface area contributed by atoms with E-state index < -0.39 is 5.82 Å². The lowest BCUT2D eigenvalue weighted by Gasteiger charge is -2.23. The van der Waals surface area contributed by atoms with E-state index in [0.29, 0.717) is 17.3 Å². The van der Waals surface area contributed by atoms with Crippen molar-refractivity contribution in [3.05, 3.63) is 51.8 Å². The predicted molar refractivity (Wildman–Crippen MR) is 114 cm³/mol. The number of hydrogen-bond donors (Lipinski definition) is 1. The van der Waals surface area contributed by atoms with Crippen molar-refractivity contribution >= 4 is 23.4 Å². The van der Waals surface area contributed by atoms with Gasteiger partial charge in [0.25, 0.3) is 0 Å². The lowest BCUT2D eigenvalue weighted by atomic mass is 9.97. The number of amides is 1. The maximum absolute atomic E-state index is 13.3. The molecule has 0 bridgehead atoms. The molecule has 0 saturated carbocycles. The highest BCUT2D eigenvalue weighted by Crippen LogP contribution is 2.28. The molecule has 1 N–H and O–H groups in total. The summed E-state index contributed by atoms with van der Waals surface area (Å²) < 4.78 is 15.1. The SMILES string of the molecule is CN(C)CCCn1c2c(c(SCC(=O)Nc3cccc(F)c3)nc1=O)CCCC2. The number of hydrogen-bond acceptors (Lipinski definition) is 5. The lowest BCUT2D eigenvalue weighted by Crippen LogP contribution is -2.31. The molecule has 156 valence electrons. The van der Waals surface area contributed by atoms with Crippen molar-refractivity contribution in [1.29, 1.82) is 0 Å². The van der Waals surface area contributed by atoms with Gasteiger partial charge in [0, 0.05) is 23.5 Å². The molecule has 6 nitrogen and oxygen atoms in total. The van der Waals surface area contributed by atoms with Gasteiger partial charge in [0.05, 0.1) is 5.75 Å². The summed E-state index contributed by atoms with van der Waals surface area (Å²) in [6.45, 7) is 1.58. The maximum Gasteiger partial charge on any atom is 0.348 e. The molecule has 0 radical (unpaired) electrons. The van der Waals surface area contributed by atoms with Crippen LogP contribution in [0.5, 0.6) is 0 Å². The zero-order valence-electron chi connectivity index (χ0n) is 16.9. The number of rotatable bonds is 8. The molecule has 1 aliphatic carbocycles. The Bertz CT molecular complexity index is 929. The van der Waals surface area contributed by atoms with Gasteiger partial charge >= 0.3 is 5.69 Å². The Hall–Kier alpha value is -2.19. The van der Waals surface area contributed by atoms with Crippen molar-refractivity contribution in [2.24, 2.45) is 0 Å². The average molecular weight is 419 g/mol. The van der Waals surface area contributed by atoms with Crippen LogP contribution in [-0.2, 0) is 24.2 Å². The maximum atomic E-state index is 13.3. The van der Waals surface area contributed by atoms with Gasteiger partial charge in [-0.25, -0.2) is 9.18 Å². The standard InChI is InChI=1S/C21H27FN4O2S/c1-25(2)11-6-12-26-18-10-4-3-9-17(18)20(24-21(26)28)29-14-19(27)23-16-8-5-7-15(22)13-16/h5,7-8,13H,3-4,6,9-12,14H2,1-2H3,(H,23,27). The Kier molecular flexibility index (Phi) is 7.44. The van der Waals surface area contributed by atoms with E-state index in [0.717, 1.165) is 49.9 Å². The van der Waals surface area contributed by atoms with Crippen LogP contribution in [0.4, 0.5) is 10.1 Å². The predicted octanol–water partition coefficient (Wildman–Crippen LogP) is 2.94. The number of fused-ring (bicyclic) bond motifs is 1. The largest absolute Gasteiger partial charge is 0.348 e. The van der Waals surface area contributed by atoms with E-state index in [1.807, 2.05) is 18.7 Å². The molecule has 2 aromatic rings. The Morgan fingerprint density at radius 1 is 1.31 bits per heavy atom. The Morgan fingerprint density at radius 2 is 2.10 bits per heavy atom. The Labute approximate surface area is 174 Å². The summed E-state index contributed by atoms with van der Waals surface area (Å²) in [4.78, 5) is 31.3. The van der Waals surface area contributed by atoms with Crippen LogP contribution in [-0.4, -0.2) is 46.8 Å². The molecule has 1 amide bonds. The Balaban J connectivity index is 1.71. The summed E-state index contributed by atoms with van der Waals surface area (Å²) in [5.74, 6) is -0.522. The van der Waals surface area contributed by atoms with Crippen LogP contribution in [0.25, 0.3) is 0 Å². The quantitative estimate of drug-likeness (QED) is 0.527. The molecule has 1 aromatic carbocycles. The monoisotopic (exact) mass is 418 g/mol. The third-order valence-corrected chi connectivity index (χ3v) is 5.90. The van der Waals surface area contributed by atoms with Crippen molar-refractivity contribution in [3.8, 4) is 0 Å². The number of carbonyl (C=O) groups is 1. The number of nitrogens with one attached hydrogen (secondary N) is 1. The highest BCUT2D eigenvalue weighted by atomic mass is 32.2. The van der Waals surface area contributed by atoms with Crippen LogP contribution in [0.2, 0.25) is 0 Å². The molecular formula is C21H27FN4O2S. The van der Waals surface area contributed by atoms with Crippen LogP contribution in [0, 0.1) is 5.82 Å². The number of benzene rings is 1. The first-order chi connectivity index (χ1) is 13.9. The summed E-state index contributed by atoms with van der Waals surface area (Å²) in [5.41, 5.74) is 2.35. The molecule has 1 heterocycles. The van der Waals surface area contributed by atoms with Crippen molar-refractivity contribution in [3.63, 3.8) is 0 Å². The highest BCUT2D eigenvalue weighted by Gasteiger charge is 2.21. The van der Waals surface area contributed by atoms with Gasteiger partial charge in [-0.1, -0.05) is 17.8 Å². The van der Waals surface area contributed by atoms with Gasteiger partial charge in [0.2, 0.25) is 5.91 Å². The fourth-order valence-corrected chi connectivity index (χ4v) is 4.42. The second-order valence-electron chi connectivity index (χ2n) is 7.49. The topological polar surface area (TPSA) is 67.2 Å². The fourth-order valence-electron chi connectivity index (χ4n) is 3.54. The summed E-state index contributed by atoms with van der Waals surface area (Å²) >= 11 is 1.28. The van der Waals surface area contributed by atoms with Crippen LogP contribution in [0.1, 0.15) is 30.5 Å². The minimum Gasteiger partial charge on any atom is -0.325 e. The molecule has 1 aromatic heterocycles. The minimum atomic E-state index is -0.399. The van der Waals surface area contributed by atoms with Gasteiger partial charge in [-0.2, -0.15) is 4.98 Å². The normalized spacial score (nSPS) is 13.4. The second-order valence-corrected chi connectivity index (χ2v) is 8.45. The van der Waals surface area contributed by atoms with Crippen molar-refractivity contribution < 1.29 is 9.18 Å². The molecule has 29 heavy (non-hydrogen) atoms. The van der Waals surface area contributed by atoms with Crippen LogP contribution in [0.3, 0.4) is 0 Å². The molecule has 8 heteroatoms. The van der Waals surface area contributed by atoms with Gasteiger partial charge in [0.15, 0.2) is 0 Å². The van der Waals surface area contributed by atoms with Gasteiger partial charge in [-0.3, -0.25) is 9.36 Å². The molecule has 1 aliphatic rings. The van der Waals surface area contributed by atoms with Gasteiger partial charge < -0.3 is 10.2 Å². The number of carbonyl (C=O) groups excluding carboxylic acids is 1. The average Bonchev–Trinajstić information content (AvgIpc) is 2.68. The molecule has 0 atom stereocenters. The third kappa shape index (κ3) is 5.90. The number of anilines is 1. The first-order valence-corrected chi connectivity index (χ1v) is 10.9. The first kappa shape index (κ1) is 21.5. The molecular weight excluding hydrogens is 391 g/mol. The second kappa shape index (κ2) is 10.0. The lowest BCUT2D eigenvalue weighted by molar-refractivity contribution is -0.113. The van der Waals surface area contributed by atoms with Crippen LogP contribution in [0.15, 0.2) is 34.1 Å². The molecule has 0 unspecified atom stereocenters. The number of aromatic nitrogens is 2. The van der Waals surface area contributed by atoms with Gasteiger partial charge in [-0.05, 0) is 70.9 Å². The van der Waals surface area contributed by atoms with Crippen LogP contribution < -0.4 is 11.0 Å². The minimum absolute atomic E-state index is 0.125. The van der Waals surface area contributed by atoms with Gasteiger partial charge in [-0.15, -0.1) is 0 Å². The van der Waals surface area contributed by atoms with E-state index in [-0.39, 0.29) is 17.3 Å². The molecule has 0 aliphatic heterocycles. The van der Waals surface area contributed by atoms with Crippen molar-refractivity contribution in [2.75, 3.05) is 31.7 Å². The summed E-state index contributed by atoms with van der Waals surface area (Å²) in [6, 6.07) is 5.79. The zero-order chi connectivity index (χ0) is 20.8. The first-order valence-electron chi connectivity index (χ1n) is 9.89. The molecule has 0 fully saturated rings. The van der Waals surface area contributed by atoms with E-state index in [1.165, 1.54) is 23.9 Å². The summed E-state index contributed by atoms with van der Waals surface area (Å²) in [7, 11) is 4.04. The number of thioether (sulfide) groups is 1. The molecule has 0 spiro atoms. The van der Waals surface area contributed by atoms with Crippen LogP contribution >= 0.6 is 11.8 Å². The summed E-state index contributed by atoms with van der Waals surface area (Å²) in [6.07, 6.45) is 4.77. The highest BCUT2D eigenvalue weighted by molar-refractivity contribution is 8.00.